The normalized spacial score (nSPS) is 8.12. The second-order valence-corrected chi connectivity index (χ2v) is 1.04. The summed E-state index contributed by atoms with van der Waals surface area (Å²) in [5.74, 6) is -0.794. The molecule has 0 heterocycles. The van der Waals surface area contributed by atoms with Gasteiger partial charge in [-0.2, -0.15) is 0 Å². The number of guanidine groups is 1. The van der Waals surface area contributed by atoms with Crippen molar-refractivity contribution in [3.8, 4) is 0 Å². The van der Waals surface area contributed by atoms with E-state index in [1.807, 2.05) is 0 Å². The zero-order chi connectivity index (χ0) is 6.73. The van der Waals surface area contributed by atoms with E-state index in [0.717, 1.165) is 0 Å². The van der Waals surface area contributed by atoms with Crippen LogP contribution in [-0.4, -0.2) is 22.3 Å². The first-order valence-corrected chi connectivity index (χ1v) is 1.68. The monoisotopic (exact) mass is 118 g/mol. The molecule has 0 aromatic heterocycles. The van der Waals surface area contributed by atoms with Gasteiger partial charge in [-0.3, -0.25) is 10.6 Å². The molecule has 0 aliphatic rings. The maximum absolute atomic E-state index is 9.82. The molecule has 6 nitrogen and oxygen atoms in total. The molecule has 0 bridgehead atoms. The van der Waals surface area contributed by atoms with Crippen molar-refractivity contribution in [2.45, 2.75) is 0 Å². The van der Waals surface area contributed by atoms with Crippen molar-refractivity contribution in [2.24, 2.45) is 11.5 Å². The van der Waals surface area contributed by atoms with Gasteiger partial charge < -0.3 is 11.5 Å². The minimum atomic E-state index is -1.17. The minimum absolute atomic E-state index is 0.167. The molecule has 8 heavy (non-hydrogen) atoms. The largest absolute Gasteiger partial charge is 0.368 e. The fourth-order valence-corrected chi connectivity index (χ4v) is 0.119. The van der Waals surface area contributed by atoms with Crippen LogP contribution in [0.25, 0.3) is 0 Å². The quantitative estimate of drug-likeness (QED) is 0.136. The van der Waals surface area contributed by atoms with Crippen LogP contribution in [0.15, 0.2) is 0 Å². The highest BCUT2D eigenvalue weighted by Gasteiger charge is 2.06. The van der Waals surface area contributed by atoms with E-state index in [1.165, 1.54) is 0 Å². The van der Waals surface area contributed by atoms with Gasteiger partial charge in [0, 0.05) is 0 Å². The van der Waals surface area contributed by atoms with Crippen LogP contribution in [0, 0.1) is 5.41 Å². The van der Waals surface area contributed by atoms with Crippen molar-refractivity contribution in [1.82, 2.24) is 5.06 Å². The van der Waals surface area contributed by atoms with E-state index in [-0.39, 0.29) is 5.06 Å². The molecule has 6 heteroatoms. The Morgan fingerprint density at radius 2 is 2.00 bits per heavy atom. The third-order valence-corrected chi connectivity index (χ3v) is 0.437. The highest BCUT2D eigenvalue weighted by atomic mass is 16.5. The van der Waals surface area contributed by atoms with E-state index in [0.29, 0.717) is 0 Å². The summed E-state index contributed by atoms with van der Waals surface area (Å²) in [6, 6.07) is -1.17. The molecule has 0 saturated carbocycles. The zero-order valence-corrected chi connectivity index (χ0v) is 3.96. The molecule has 46 valence electrons. The van der Waals surface area contributed by atoms with Gasteiger partial charge in [-0.1, -0.05) is 0 Å². The van der Waals surface area contributed by atoms with Crippen LogP contribution in [0.3, 0.4) is 0 Å². The molecule has 0 aliphatic heterocycles. The van der Waals surface area contributed by atoms with Crippen LogP contribution in [0.2, 0.25) is 0 Å². The number of primary amides is 1. The van der Waals surface area contributed by atoms with Crippen molar-refractivity contribution >= 4 is 12.0 Å². The average molecular weight is 118 g/mol. The van der Waals surface area contributed by atoms with E-state index in [1.54, 1.807) is 0 Å². The van der Waals surface area contributed by atoms with Crippen molar-refractivity contribution in [3.05, 3.63) is 0 Å². The molecule has 0 aromatic carbocycles. The highest BCUT2D eigenvalue weighted by molar-refractivity contribution is 5.91. The summed E-state index contributed by atoms with van der Waals surface area (Å²) in [5.41, 5.74) is 9.05. The fourth-order valence-electron chi connectivity index (χ4n) is 0.119. The maximum Gasteiger partial charge on any atom is 0.346 e. The summed E-state index contributed by atoms with van der Waals surface area (Å²) in [4.78, 5) is 9.82. The molecule has 0 rings (SSSR count). The molecule has 0 saturated heterocycles. The summed E-state index contributed by atoms with van der Waals surface area (Å²) in [5, 5.41) is 14.4. The van der Waals surface area contributed by atoms with E-state index < -0.39 is 12.0 Å². The molecule has 0 radical (unpaired) electrons. The highest BCUT2D eigenvalue weighted by Crippen LogP contribution is 1.73. The number of hydrogen-bond donors (Lipinski definition) is 4. The van der Waals surface area contributed by atoms with Gasteiger partial charge in [-0.05, 0) is 0 Å². The number of hydrogen-bond acceptors (Lipinski definition) is 3. The molecular weight excluding hydrogens is 112 g/mol. The van der Waals surface area contributed by atoms with Crippen LogP contribution in [0.1, 0.15) is 0 Å². The SMILES string of the molecule is N=C(N)N(O)C(N)=O. The molecule has 0 aliphatic carbocycles. The van der Waals surface area contributed by atoms with Crippen LogP contribution in [0.5, 0.6) is 0 Å². The fraction of sp³-hybridized carbons (Fsp3) is 0. The Hall–Kier alpha value is -1.30. The summed E-state index contributed by atoms with van der Waals surface area (Å²) < 4.78 is 0. The second kappa shape index (κ2) is 2.12. The predicted octanol–water partition coefficient (Wildman–Crippen LogP) is -1.35. The Bertz CT molecular complexity index is 107. The Labute approximate surface area is 45.1 Å². The molecule has 0 atom stereocenters. The number of carbonyl (C=O) groups is 1. The van der Waals surface area contributed by atoms with Crippen molar-refractivity contribution in [2.75, 3.05) is 0 Å². The molecule has 0 spiro atoms. The average Bonchev–Trinajstić information content (AvgIpc) is 1.64. The van der Waals surface area contributed by atoms with Gasteiger partial charge >= 0.3 is 6.03 Å². The Morgan fingerprint density at radius 3 is 2.00 bits per heavy atom. The predicted molar refractivity (Wildman–Crippen MR) is 25.1 cm³/mol. The van der Waals surface area contributed by atoms with E-state index in [4.69, 9.17) is 10.6 Å². The number of rotatable bonds is 0. The number of hydroxylamine groups is 2. The third kappa shape index (κ3) is 1.43. The van der Waals surface area contributed by atoms with Gasteiger partial charge in [0.05, 0.1) is 0 Å². The van der Waals surface area contributed by atoms with E-state index >= 15 is 0 Å². The lowest BCUT2D eigenvalue weighted by atomic mass is 10.9. The van der Waals surface area contributed by atoms with Gasteiger partial charge in [0.25, 0.3) is 0 Å². The molecule has 0 unspecified atom stereocenters. The maximum atomic E-state index is 9.82. The molecular formula is C2H6N4O2. The molecule has 6 N–H and O–H groups in total. The summed E-state index contributed by atoms with van der Waals surface area (Å²) >= 11 is 0. The smallest absolute Gasteiger partial charge is 0.346 e. The third-order valence-electron chi connectivity index (χ3n) is 0.437. The number of carbonyl (C=O) groups excluding carboxylic acids is 1. The number of nitrogens with zero attached hydrogens (tertiary/aromatic N) is 1. The van der Waals surface area contributed by atoms with Gasteiger partial charge in [-0.25, -0.2) is 4.79 Å². The zero-order valence-electron chi connectivity index (χ0n) is 3.96. The number of urea groups is 1. The molecule has 2 amide bonds. The number of nitrogens with one attached hydrogen (secondary N) is 1. The summed E-state index contributed by atoms with van der Waals surface area (Å²) in [6.45, 7) is 0. The van der Waals surface area contributed by atoms with Crippen molar-refractivity contribution < 1.29 is 10.0 Å². The lowest BCUT2D eigenvalue weighted by Crippen LogP contribution is -2.41. The summed E-state index contributed by atoms with van der Waals surface area (Å²) in [7, 11) is 0. The first-order valence-electron chi connectivity index (χ1n) is 1.68. The van der Waals surface area contributed by atoms with Gasteiger partial charge in [0.2, 0.25) is 5.96 Å². The Balaban J connectivity index is 3.83. The topological polar surface area (TPSA) is 116 Å². The number of amides is 2. The minimum Gasteiger partial charge on any atom is -0.368 e. The van der Waals surface area contributed by atoms with Gasteiger partial charge in [0.1, 0.15) is 0 Å². The van der Waals surface area contributed by atoms with E-state index in [2.05, 4.69) is 11.5 Å². The second-order valence-electron chi connectivity index (χ2n) is 1.04. The Kier molecular flexibility index (Phi) is 1.78. The van der Waals surface area contributed by atoms with Crippen LogP contribution < -0.4 is 11.5 Å². The lowest BCUT2D eigenvalue weighted by Gasteiger charge is -2.06. The summed E-state index contributed by atoms with van der Waals surface area (Å²) in [6.07, 6.45) is 0. The van der Waals surface area contributed by atoms with E-state index in [9.17, 15) is 4.79 Å². The van der Waals surface area contributed by atoms with Crippen LogP contribution in [0.4, 0.5) is 4.79 Å². The number of nitrogens with two attached hydrogens (primary N) is 2. The first kappa shape index (κ1) is 6.70. The van der Waals surface area contributed by atoms with Crippen molar-refractivity contribution in [3.63, 3.8) is 0 Å². The molecule has 0 aromatic rings. The standard InChI is InChI=1S/C2H6N4O2/c3-1(4)6(8)2(5)7/h8H,(H3,3,4)(H2,5,7). The van der Waals surface area contributed by atoms with Gasteiger partial charge in [-0.15, -0.1) is 5.06 Å². The van der Waals surface area contributed by atoms with Crippen molar-refractivity contribution in [1.29, 1.82) is 5.41 Å². The van der Waals surface area contributed by atoms with Gasteiger partial charge in [0.15, 0.2) is 0 Å². The first-order chi connectivity index (χ1) is 3.55. The molecule has 0 fully saturated rings. The lowest BCUT2D eigenvalue weighted by molar-refractivity contribution is 0.0286. The van der Waals surface area contributed by atoms with Crippen LogP contribution >= 0.6 is 0 Å². The Morgan fingerprint density at radius 1 is 1.62 bits per heavy atom. The van der Waals surface area contributed by atoms with Crippen LogP contribution in [-0.2, 0) is 0 Å².